The largest absolute Gasteiger partial charge is 0.496 e. The van der Waals surface area contributed by atoms with Crippen molar-refractivity contribution in [2.75, 3.05) is 26.7 Å². The van der Waals surface area contributed by atoms with Gasteiger partial charge in [0.25, 0.3) is 5.69 Å². The van der Waals surface area contributed by atoms with Gasteiger partial charge in [-0.3, -0.25) is 19.7 Å². The number of Topliss-reactive ketones (excluding diaryl/α,β-unsaturated/α-hetero) is 1. The van der Waals surface area contributed by atoms with Gasteiger partial charge in [-0.15, -0.1) is 0 Å². The van der Waals surface area contributed by atoms with Crippen molar-refractivity contribution in [2.24, 2.45) is 0 Å². The van der Waals surface area contributed by atoms with Crippen LogP contribution in [-0.2, 0) is 20.9 Å². The molecule has 0 aromatic heterocycles. The average molecular weight is 531 g/mol. The number of methoxy groups -OCH3 is 1. The number of ketones is 1. The lowest BCUT2D eigenvalue weighted by atomic mass is 10.1. The first-order valence-corrected chi connectivity index (χ1v) is 10.3. The quantitative estimate of drug-likeness (QED) is 0.177. The fourth-order valence-corrected chi connectivity index (χ4v) is 2.79. The number of unbranched alkanes of at least 4 members (excludes halogenated alkanes) is 1. The molecule has 0 spiro atoms. The molecule has 1 aromatic carbocycles. The van der Waals surface area contributed by atoms with Crippen LogP contribution >= 0.6 is 0 Å². The van der Waals surface area contributed by atoms with Crippen LogP contribution in [0.25, 0.3) is 0 Å². The molecule has 2 amide bonds. The molecule has 202 valence electrons. The second-order valence-electron chi connectivity index (χ2n) is 7.28. The van der Waals surface area contributed by atoms with E-state index in [4.69, 9.17) is 9.47 Å². The zero-order valence-electron chi connectivity index (χ0n) is 18.9. The van der Waals surface area contributed by atoms with Gasteiger partial charge >= 0.3 is 24.4 Å². The molecule has 36 heavy (non-hydrogen) atoms. The van der Waals surface area contributed by atoms with Crippen LogP contribution in [0.1, 0.15) is 31.2 Å². The van der Waals surface area contributed by atoms with E-state index in [0.29, 0.717) is 0 Å². The maximum absolute atomic E-state index is 12.5. The highest BCUT2D eigenvalue weighted by Crippen LogP contribution is 2.25. The van der Waals surface area contributed by atoms with Gasteiger partial charge in [-0.2, -0.15) is 26.3 Å². The van der Waals surface area contributed by atoms with Crippen LogP contribution in [0.3, 0.4) is 0 Å². The first kappa shape index (κ1) is 30.4. The molecule has 1 rings (SSSR count). The predicted octanol–water partition coefficient (Wildman–Crippen LogP) is 3.91. The summed E-state index contributed by atoms with van der Waals surface area (Å²) < 4.78 is 83.9. The molecule has 10 nitrogen and oxygen atoms in total. The number of ether oxygens (including phenoxy) is 2. The Morgan fingerprint density at radius 2 is 1.67 bits per heavy atom. The molecule has 0 heterocycles. The smallest absolute Gasteiger partial charge is 0.471 e. The summed E-state index contributed by atoms with van der Waals surface area (Å²) in [6, 6.07) is 3.52. The number of benzene rings is 1. The van der Waals surface area contributed by atoms with Gasteiger partial charge in [0.15, 0.2) is 0 Å². The third-order valence-electron chi connectivity index (χ3n) is 4.64. The molecular formula is C20H23F6N3O7. The number of nitro benzene ring substituents is 1. The molecule has 0 unspecified atom stereocenters. The number of non-ortho nitro benzene ring substituents is 1. The fraction of sp³-hybridized carbons (Fsp3) is 0.550. The molecule has 0 bridgehead atoms. The number of hydrogen-bond acceptors (Lipinski definition) is 7. The Morgan fingerprint density at radius 1 is 1.03 bits per heavy atom. The van der Waals surface area contributed by atoms with Crippen molar-refractivity contribution in [1.29, 1.82) is 0 Å². The Labute approximate surface area is 200 Å². The van der Waals surface area contributed by atoms with Gasteiger partial charge in [0.2, 0.25) is 5.78 Å². The summed E-state index contributed by atoms with van der Waals surface area (Å²) in [5, 5.41) is 12.5. The highest BCUT2D eigenvalue weighted by atomic mass is 19.4. The van der Waals surface area contributed by atoms with Crippen molar-refractivity contribution >= 4 is 23.5 Å². The monoisotopic (exact) mass is 531 g/mol. The second kappa shape index (κ2) is 13.5. The lowest BCUT2D eigenvalue weighted by Crippen LogP contribution is -2.39. The van der Waals surface area contributed by atoms with Crippen molar-refractivity contribution in [3.63, 3.8) is 0 Å². The maximum atomic E-state index is 12.5. The summed E-state index contributed by atoms with van der Waals surface area (Å²) in [6.07, 6.45) is -12.3. The normalized spacial score (nSPS) is 11.5. The van der Waals surface area contributed by atoms with Crippen LogP contribution in [0, 0.1) is 10.1 Å². The van der Waals surface area contributed by atoms with E-state index in [2.05, 4.69) is 0 Å². The second-order valence-corrected chi connectivity index (χ2v) is 7.28. The van der Waals surface area contributed by atoms with E-state index < -0.39 is 54.6 Å². The van der Waals surface area contributed by atoms with E-state index in [9.17, 15) is 50.8 Å². The summed E-state index contributed by atoms with van der Waals surface area (Å²) >= 11 is 0. The SMILES string of the molecule is COc1cc([N+](=O)[O-])ccc1COC(=O)N(CCCCC(=O)C(F)(F)F)CCCNC(=O)C(F)(F)F. The van der Waals surface area contributed by atoms with E-state index in [1.54, 1.807) is 5.32 Å². The van der Waals surface area contributed by atoms with Gasteiger partial charge in [-0.1, -0.05) is 0 Å². The Morgan fingerprint density at radius 3 is 2.22 bits per heavy atom. The van der Waals surface area contributed by atoms with Crippen LogP contribution in [0.4, 0.5) is 36.8 Å². The minimum atomic E-state index is -5.09. The molecule has 0 aliphatic heterocycles. The number of halogens is 6. The number of nitrogens with one attached hydrogen (secondary N) is 1. The van der Waals surface area contributed by atoms with Gasteiger partial charge < -0.3 is 19.7 Å². The Hall–Kier alpha value is -3.59. The van der Waals surface area contributed by atoms with E-state index in [1.165, 1.54) is 13.2 Å². The molecule has 1 N–H and O–H groups in total. The lowest BCUT2D eigenvalue weighted by molar-refractivity contribution is -0.384. The molecule has 0 atom stereocenters. The summed E-state index contributed by atoms with van der Waals surface area (Å²) in [7, 11) is 1.23. The zero-order valence-corrected chi connectivity index (χ0v) is 18.9. The number of nitro groups is 1. The number of hydrogen-bond donors (Lipinski definition) is 1. The van der Waals surface area contributed by atoms with Crippen LogP contribution in [0.5, 0.6) is 5.75 Å². The van der Waals surface area contributed by atoms with E-state index in [-0.39, 0.29) is 49.4 Å². The van der Waals surface area contributed by atoms with Crippen molar-refractivity contribution in [3.05, 3.63) is 33.9 Å². The molecule has 16 heteroatoms. The molecule has 0 aliphatic rings. The molecule has 1 aromatic rings. The number of amides is 2. The summed E-state index contributed by atoms with van der Waals surface area (Å²) in [4.78, 5) is 45.5. The van der Waals surface area contributed by atoms with Gasteiger partial charge in [-0.05, 0) is 25.3 Å². The predicted molar refractivity (Wildman–Crippen MR) is 110 cm³/mol. The summed E-state index contributed by atoms with van der Waals surface area (Å²) in [6.45, 7) is -1.27. The van der Waals surface area contributed by atoms with E-state index >= 15 is 0 Å². The van der Waals surface area contributed by atoms with Gasteiger partial charge in [0, 0.05) is 37.7 Å². The van der Waals surface area contributed by atoms with E-state index in [0.717, 1.165) is 17.0 Å². The average Bonchev–Trinajstić information content (AvgIpc) is 2.79. The molecule has 0 fully saturated rings. The summed E-state index contributed by atoms with van der Waals surface area (Å²) in [5.74, 6) is -4.06. The van der Waals surface area contributed by atoms with Crippen LogP contribution in [0.2, 0.25) is 0 Å². The fourth-order valence-electron chi connectivity index (χ4n) is 2.79. The minimum Gasteiger partial charge on any atom is -0.496 e. The third-order valence-corrected chi connectivity index (χ3v) is 4.64. The van der Waals surface area contributed by atoms with Crippen molar-refractivity contribution in [3.8, 4) is 5.75 Å². The molecule has 0 aliphatic carbocycles. The topological polar surface area (TPSA) is 128 Å². The van der Waals surface area contributed by atoms with Crippen LogP contribution < -0.4 is 10.1 Å². The van der Waals surface area contributed by atoms with Crippen LogP contribution in [-0.4, -0.2) is 66.7 Å². The Kier molecular flexibility index (Phi) is 11.4. The standard InChI is InChI=1S/C20H23F6N3O7/c1-35-15-11-14(29(33)34)7-6-13(15)12-36-18(32)28(9-3-2-5-16(30)19(21,22)23)10-4-8-27-17(31)20(24,25)26/h6-7,11H,2-5,8-10,12H2,1H3,(H,27,31). The van der Waals surface area contributed by atoms with Gasteiger partial charge in [-0.25, -0.2) is 4.79 Å². The molecule has 0 saturated heterocycles. The Balaban J connectivity index is 2.75. The van der Waals surface area contributed by atoms with Crippen molar-refractivity contribution < 1.29 is 55.1 Å². The lowest BCUT2D eigenvalue weighted by Gasteiger charge is -2.22. The number of nitrogens with zero attached hydrogens (tertiary/aromatic N) is 2. The molecule has 0 radical (unpaired) electrons. The highest BCUT2D eigenvalue weighted by Gasteiger charge is 2.38. The first-order chi connectivity index (χ1) is 16.7. The van der Waals surface area contributed by atoms with Gasteiger partial charge in [0.05, 0.1) is 18.1 Å². The van der Waals surface area contributed by atoms with Crippen molar-refractivity contribution in [2.45, 2.75) is 44.6 Å². The first-order valence-electron chi connectivity index (χ1n) is 10.3. The Bertz CT molecular complexity index is 903. The maximum Gasteiger partial charge on any atom is 0.471 e. The number of carbonyl (C=O) groups excluding carboxylic acids is 3. The third kappa shape index (κ3) is 10.4. The number of rotatable bonds is 13. The highest BCUT2D eigenvalue weighted by molar-refractivity contribution is 5.83. The van der Waals surface area contributed by atoms with Gasteiger partial charge in [0.1, 0.15) is 12.4 Å². The van der Waals surface area contributed by atoms with Crippen molar-refractivity contribution in [1.82, 2.24) is 10.2 Å². The molecule has 0 saturated carbocycles. The number of alkyl halides is 6. The number of carbonyl (C=O) groups is 3. The minimum absolute atomic E-state index is 0.0454. The zero-order chi connectivity index (χ0) is 27.5. The summed E-state index contributed by atoms with van der Waals surface area (Å²) in [5.41, 5.74) is -0.0255. The molecular weight excluding hydrogens is 508 g/mol. The van der Waals surface area contributed by atoms with E-state index in [1.807, 2.05) is 0 Å². The van der Waals surface area contributed by atoms with Crippen LogP contribution in [0.15, 0.2) is 18.2 Å².